The summed E-state index contributed by atoms with van der Waals surface area (Å²) in [6.45, 7) is 3.11. The largest absolute Gasteiger partial charge is 0.466 e. The number of piperidine rings is 1. The fourth-order valence-corrected chi connectivity index (χ4v) is 6.05. The number of aromatic nitrogens is 1. The molecule has 34 heavy (non-hydrogen) atoms. The molecule has 0 radical (unpaired) electrons. The van der Waals surface area contributed by atoms with E-state index >= 15 is 0 Å². The van der Waals surface area contributed by atoms with E-state index in [0.29, 0.717) is 54.0 Å². The summed E-state index contributed by atoms with van der Waals surface area (Å²) < 4.78 is 33.3. The number of hydrogen-bond donors (Lipinski definition) is 0. The van der Waals surface area contributed by atoms with Crippen molar-refractivity contribution in [3.05, 3.63) is 65.3 Å². The highest BCUT2D eigenvalue weighted by Gasteiger charge is 2.29. The van der Waals surface area contributed by atoms with Gasteiger partial charge in [-0.05, 0) is 43.5 Å². The average molecular weight is 503 g/mol. The van der Waals surface area contributed by atoms with Gasteiger partial charge in [-0.25, -0.2) is 8.42 Å². The Bertz CT molecular complexity index is 1290. The van der Waals surface area contributed by atoms with Crippen molar-refractivity contribution < 1.29 is 22.7 Å². The van der Waals surface area contributed by atoms with Gasteiger partial charge in [-0.1, -0.05) is 41.9 Å². The number of esters is 1. The second-order valence-electron chi connectivity index (χ2n) is 8.43. The fourth-order valence-electron chi connectivity index (χ4n) is 4.34. The lowest BCUT2D eigenvalue weighted by Gasteiger charge is -2.31. The van der Waals surface area contributed by atoms with E-state index in [-0.39, 0.29) is 35.0 Å². The molecule has 1 aromatic heterocycles. The number of rotatable bonds is 7. The summed E-state index contributed by atoms with van der Waals surface area (Å²) in [4.78, 5) is 26.9. The molecule has 0 spiro atoms. The molecule has 0 bridgehead atoms. The Kier molecular flexibility index (Phi) is 7.28. The summed E-state index contributed by atoms with van der Waals surface area (Å²) in [7, 11) is -3.66. The van der Waals surface area contributed by atoms with Crippen molar-refractivity contribution in [3.63, 3.8) is 0 Å². The third kappa shape index (κ3) is 5.28. The highest BCUT2D eigenvalue weighted by Crippen LogP contribution is 2.29. The molecule has 1 saturated heterocycles. The Labute approximate surface area is 204 Å². The first-order chi connectivity index (χ1) is 16.3. The lowest BCUT2D eigenvalue weighted by atomic mass is 9.97. The van der Waals surface area contributed by atoms with Gasteiger partial charge in [0.25, 0.3) is 0 Å². The number of para-hydroxylation sites is 1. The van der Waals surface area contributed by atoms with Gasteiger partial charge in [-0.2, -0.15) is 0 Å². The Balaban J connectivity index is 1.52. The minimum absolute atomic E-state index is 0.0288. The molecule has 0 saturated carbocycles. The molecule has 0 aliphatic carbocycles. The smallest absolute Gasteiger partial charge is 0.309 e. The number of carbonyl (C=O) groups is 2. The van der Waals surface area contributed by atoms with Crippen molar-refractivity contribution in [3.8, 4) is 0 Å². The maximum absolute atomic E-state index is 13.3. The number of sulfone groups is 1. The van der Waals surface area contributed by atoms with E-state index in [9.17, 15) is 18.0 Å². The molecule has 0 atom stereocenters. The van der Waals surface area contributed by atoms with Gasteiger partial charge in [0.1, 0.15) is 6.54 Å². The molecule has 1 aliphatic rings. The molecular weight excluding hydrogens is 476 g/mol. The standard InChI is InChI=1S/C25H27ClN2O5S/c1-2-33-25(30)19-11-13-27(14-12-19)24(29)16-28-15-23(21-5-3-4-6-22(21)28)34(31,32)17-18-7-9-20(26)10-8-18/h3-10,15,19H,2,11-14,16-17H2,1H3. The van der Waals surface area contributed by atoms with Crippen LogP contribution in [-0.4, -0.2) is 49.5 Å². The number of likely N-dealkylation sites (tertiary alicyclic amines) is 1. The van der Waals surface area contributed by atoms with Crippen LogP contribution in [0.2, 0.25) is 5.02 Å². The Morgan fingerprint density at radius 3 is 2.41 bits per heavy atom. The molecule has 2 heterocycles. The minimum Gasteiger partial charge on any atom is -0.466 e. The molecule has 4 rings (SSSR count). The number of benzene rings is 2. The van der Waals surface area contributed by atoms with E-state index in [1.807, 2.05) is 12.1 Å². The van der Waals surface area contributed by atoms with Crippen LogP contribution in [-0.2, 0) is 36.5 Å². The monoisotopic (exact) mass is 502 g/mol. The molecule has 2 aromatic carbocycles. The number of fused-ring (bicyclic) bond motifs is 1. The summed E-state index contributed by atoms with van der Waals surface area (Å²) in [5.74, 6) is -0.652. The van der Waals surface area contributed by atoms with E-state index < -0.39 is 9.84 Å². The summed E-state index contributed by atoms with van der Waals surface area (Å²) in [5.41, 5.74) is 1.33. The third-order valence-electron chi connectivity index (χ3n) is 6.13. The molecular formula is C25H27ClN2O5S. The molecule has 1 amide bonds. The highest BCUT2D eigenvalue weighted by molar-refractivity contribution is 7.90. The first-order valence-corrected chi connectivity index (χ1v) is 13.3. The third-order valence-corrected chi connectivity index (χ3v) is 8.09. The summed E-state index contributed by atoms with van der Waals surface area (Å²) in [6.07, 6.45) is 2.69. The Hall–Kier alpha value is -2.84. The van der Waals surface area contributed by atoms with Crippen molar-refractivity contribution in [1.29, 1.82) is 0 Å². The maximum atomic E-state index is 13.3. The van der Waals surface area contributed by atoms with Gasteiger partial charge in [0.05, 0.1) is 23.2 Å². The van der Waals surface area contributed by atoms with Crippen LogP contribution in [0.5, 0.6) is 0 Å². The van der Waals surface area contributed by atoms with Crippen LogP contribution in [0.3, 0.4) is 0 Å². The first-order valence-electron chi connectivity index (χ1n) is 11.3. The SMILES string of the molecule is CCOC(=O)C1CCN(C(=O)Cn2cc(S(=O)(=O)Cc3ccc(Cl)cc3)c3ccccc32)CC1. The number of ether oxygens (including phenoxy) is 1. The predicted molar refractivity (Wildman–Crippen MR) is 130 cm³/mol. The van der Waals surface area contributed by atoms with E-state index in [4.69, 9.17) is 16.3 Å². The molecule has 9 heteroatoms. The number of nitrogens with zero attached hydrogens (tertiary/aromatic N) is 2. The average Bonchev–Trinajstić information content (AvgIpc) is 3.20. The number of halogens is 1. The fraction of sp³-hybridized carbons (Fsp3) is 0.360. The highest BCUT2D eigenvalue weighted by atomic mass is 35.5. The molecule has 0 unspecified atom stereocenters. The topological polar surface area (TPSA) is 85.7 Å². The second kappa shape index (κ2) is 10.2. The lowest BCUT2D eigenvalue weighted by Crippen LogP contribution is -2.42. The Morgan fingerprint density at radius 2 is 1.74 bits per heavy atom. The van der Waals surface area contributed by atoms with Gasteiger partial charge >= 0.3 is 5.97 Å². The Morgan fingerprint density at radius 1 is 1.06 bits per heavy atom. The van der Waals surface area contributed by atoms with E-state index in [2.05, 4.69) is 0 Å². The zero-order valence-corrected chi connectivity index (χ0v) is 20.5. The van der Waals surface area contributed by atoms with Crippen molar-refractivity contribution >= 4 is 44.2 Å². The van der Waals surface area contributed by atoms with Gasteiger partial charge < -0.3 is 14.2 Å². The van der Waals surface area contributed by atoms with Gasteiger partial charge in [0, 0.05) is 35.2 Å². The molecule has 180 valence electrons. The zero-order valence-electron chi connectivity index (χ0n) is 18.9. The van der Waals surface area contributed by atoms with Crippen LogP contribution in [0, 0.1) is 5.92 Å². The molecule has 1 fully saturated rings. The number of amides is 1. The molecule has 3 aromatic rings. The van der Waals surface area contributed by atoms with Crippen molar-refractivity contribution in [1.82, 2.24) is 9.47 Å². The summed E-state index contributed by atoms with van der Waals surface area (Å²) in [5, 5.41) is 1.13. The van der Waals surface area contributed by atoms with Gasteiger partial charge in [0.15, 0.2) is 9.84 Å². The second-order valence-corrected chi connectivity index (χ2v) is 10.8. The summed E-state index contributed by atoms with van der Waals surface area (Å²) in [6, 6.07) is 13.9. The van der Waals surface area contributed by atoms with Crippen LogP contribution in [0.1, 0.15) is 25.3 Å². The van der Waals surface area contributed by atoms with E-state index in [1.54, 1.807) is 59.0 Å². The van der Waals surface area contributed by atoms with Gasteiger partial charge in [-0.3, -0.25) is 9.59 Å². The van der Waals surface area contributed by atoms with E-state index in [0.717, 1.165) is 0 Å². The molecule has 0 N–H and O–H groups in total. The van der Waals surface area contributed by atoms with Crippen LogP contribution < -0.4 is 0 Å². The first kappa shape index (κ1) is 24.3. The molecule has 1 aliphatic heterocycles. The minimum atomic E-state index is -3.66. The van der Waals surface area contributed by atoms with Crippen LogP contribution in [0.4, 0.5) is 0 Å². The zero-order chi connectivity index (χ0) is 24.3. The van der Waals surface area contributed by atoms with E-state index in [1.165, 1.54) is 0 Å². The number of hydrogen-bond acceptors (Lipinski definition) is 5. The lowest BCUT2D eigenvalue weighted by molar-refractivity contribution is -0.151. The quantitative estimate of drug-likeness (QED) is 0.454. The molecule has 7 nitrogen and oxygen atoms in total. The van der Waals surface area contributed by atoms with Crippen molar-refractivity contribution in [2.24, 2.45) is 5.92 Å². The predicted octanol–water partition coefficient (Wildman–Crippen LogP) is 4.07. The van der Waals surface area contributed by atoms with Gasteiger partial charge in [-0.15, -0.1) is 0 Å². The van der Waals surface area contributed by atoms with Crippen LogP contribution in [0.25, 0.3) is 10.9 Å². The van der Waals surface area contributed by atoms with Crippen LogP contribution >= 0.6 is 11.6 Å². The summed E-state index contributed by atoms with van der Waals surface area (Å²) >= 11 is 5.92. The van der Waals surface area contributed by atoms with Gasteiger partial charge in [0.2, 0.25) is 5.91 Å². The normalized spacial score (nSPS) is 14.9. The van der Waals surface area contributed by atoms with Crippen LogP contribution in [0.15, 0.2) is 59.6 Å². The van der Waals surface area contributed by atoms with Crippen molar-refractivity contribution in [2.75, 3.05) is 19.7 Å². The number of carbonyl (C=O) groups excluding carboxylic acids is 2. The maximum Gasteiger partial charge on any atom is 0.309 e. The van der Waals surface area contributed by atoms with Crippen molar-refractivity contribution in [2.45, 2.75) is 37.0 Å².